The van der Waals surface area contributed by atoms with E-state index < -0.39 is 0 Å². The molecule has 43 heavy (non-hydrogen) atoms. The molecule has 6 rings (SSSR count). The second-order valence-corrected chi connectivity index (χ2v) is 12.2. The van der Waals surface area contributed by atoms with Crippen molar-refractivity contribution in [3.63, 3.8) is 0 Å². The molecule has 1 unspecified atom stereocenters. The molecule has 1 aliphatic carbocycles. The van der Waals surface area contributed by atoms with E-state index in [0.717, 1.165) is 88.9 Å². The lowest BCUT2D eigenvalue weighted by Crippen LogP contribution is -2.16. The first-order valence-electron chi connectivity index (χ1n) is 16.1. The van der Waals surface area contributed by atoms with Crippen LogP contribution in [0.25, 0.3) is 22.0 Å². The van der Waals surface area contributed by atoms with Gasteiger partial charge in [-0.05, 0) is 100.0 Å². The van der Waals surface area contributed by atoms with Gasteiger partial charge in [0.15, 0.2) is 0 Å². The second-order valence-electron chi connectivity index (χ2n) is 12.2. The smallest absolute Gasteiger partial charge is 0.355 e. The van der Waals surface area contributed by atoms with Gasteiger partial charge in [-0.2, -0.15) is 5.10 Å². The molecule has 0 radical (unpaired) electrons. The number of hydrogen-bond acceptors (Lipinski definition) is 5. The zero-order valence-electron chi connectivity index (χ0n) is 26.4. The molecule has 0 spiro atoms. The van der Waals surface area contributed by atoms with E-state index in [0.29, 0.717) is 32.1 Å². The van der Waals surface area contributed by atoms with Crippen LogP contribution in [0.3, 0.4) is 0 Å². The Morgan fingerprint density at radius 1 is 1.07 bits per heavy atom. The molecule has 0 N–H and O–H groups in total. The minimum absolute atomic E-state index is 0.0870. The summed E-state index contributed by atoms with van der Waals surface area (Å²) in [5, 5.41) is 5.97. The highest BCUT2D eigenvalue weighted by Gasteiger charge is 2.31. The highest BCUT2D eigenvalue weighted by atomic mass is 16.5. The number of carbonyl (C=O) groups is 1. The monoisotopic (exact) mass is 583 g/mol. The summed E-state index contributed by atoms with van der Waals surface area (Å²) in [7, 11) is 1.99. The number of benzene rings is 2. The fourth-order valence-corrected chi connectivity index (χ4v) is 7.15. The first-order valence-corrected chi connectivity index (χ1v) is 16.1. The zero-order valence-corrected chi connectivity index (χ0v) is 26.4. The molecule has 228 valence electrons. The Hall–Kier alpha value is -3.58. The Balaban J connectivity index is 1.46. The third-order valence-electron chi connectivity index (χ3n) is 9.41. The normalized spacial score (nSPS) is 15.8. The Morgan fingerprint density at radius 2 is 1.91 bits per heavy atom. The highest BCUT2D eigenvalue weighted by molar-refractivity contribution is 6.06. The van der Waals surface area contributed by atoms with Crippen molar-refractivity contribution in [2.75, 3.05) is 19.8 Å². The molecule has 1 aliphatic heterocycles. The molecule has 7 nitrogen and oxygen atoms in total. The summed E-state index contributed by atoms with van der Waals surface area (Å²) in [4.78, 5) is 13.8. The Bertz CT molecular complexity index is 1650. The van der Waals surface area contributed by atoms with Gasteiger partial charge in [-0.1, -0.05) is 31.2 Å². The van der Waals surface area contributed by atoms with Crippen LogP contribution in [0.1, 0.15) is 96.0 Å². The topological polar surface area (TPSA) is 67.5 Å². The Morgan fingerprint density at radius 3 is 2.74 bits per heavy atom. The summed E-state index contributed by atoms with van der Waals surface area (Å²) in [5.74, 6) is 0.854. The predicted octanol–water partition coefficient (Wildman–Crippen LogP) is 7.60. The molecule has 0 saturated carbocycles. The van der Waals surface area contributed by atoms with Crippen molar-refractivity contribution in [1.29, 1.82) is 0 Å². The molecule has 0 fully saturated rings. The van der Waals surface area contributed by atoms with Crippen molar-refractivity contribution in [3.05, 3.63) is 69.7 Å². The van der Waals surface area contributed by atoms with E-state index in [9.17, 15) is 4.79 Å². The average Bonchev–Trinajstić information content (AvgIpc) is 3.47. The van der Waals surface area contributed by atoms with Crippen LogP contribution in [0.2, 0.25) is 0 Å². The molecule has 1 atom stereocenters. The quantitative estimate of drug-likeness (QED) is 0.210. The van der Waals surface area contributed by atoms with Gasteiger partial charge in [0, 0.05) is 42.4 Å². The van der Waals surface area contributed by atoms with Gasteiger partial charge < -0.3 is 18.8 Å². The van der Waals surface area contributed by atoms with Crippen molar-refractivity contribution in [2.45, 2.75) is 91.7 Å². The standard InChI is InChI=1S/C36H45N3O4/c1-6-42-36(40)35-31(24(3)18-21-43-30-15-11-13-26-12-7-8-14-27(26)30)28-17-16-23(2)32-33-25(4)38(5)37-29(33)22-41-20-10-9-19-39(35)34(28)32/h11,13,15-17,24H,6-10,12,14,18-22H2,1-5H3. The van der Waals surface area contributed by atoms with Crippen LogP contribution < -0.4 is 4.74 Å². The summed E-state index contributed by atoms with van der Waals surface area (Å²) in [5.41, 5.74) is 11.1. The number of hydrogen-bond donors (Lipinski definition) is 0. The van der Waals surface area contributed by atoms with Gasteiger partial charge in [0.25, 0.3) is 0 Å². The average molecular weight is 584 g/mol. The molecule has 4 aromatic rings. The first kappa shape index (κ1) is 29.5. The van der Waals surface area contributed by atoms with Crippen LogP contribution in [0.5, 0.6) is 5.75 Å². The van der Waals surface area contributed by atoms with Gasteiger partial charge in [-0.25, -0.2) is 4.79 Å². The summed E-state index contributed by atoms with van der Waals surface area (Å²) < 4.78 is 22.5. The third kappa shape index (κ3) is 5.48. The van der Waals surface area contributed by atoms with Crippen molar-refractivity contribution in [2.24, 2.45) is 7.05 Å². The van der Waals surface area contributed by atoms with E-state index in [2.05, 4.69) is 55.7 Å². The van der Waals surface area contributed by atoms with Crippen molar-refractivity contribution < 1.29 is 19.0 Å². The lowest BCUT2D eigenvalue weighted by atomic mass is 9.90. The molecular formula is C36H45N3O4. The van der Waals surface area contributed by atoms with Crippen LogP contribution in [0.4, 0.5) is 0 Å². The third-order valence-corrected chi connectivity index (χ3v) is 9.41. The van der Waals surface area contributed by atoms with Crippen molar-refractivity contribution >= 4 is 16.9 Å². The maximum Gasteiger partial charge on any atom is 0.355 e. The lowest BCUT2D eigenvalue weighted by molar-refractivity contribution is 0.0511. The number of esters is 1. The Kier molecular flexibility index (Phi) is 8.62. The first-order chi connectivity index (χ1) is 20.9. The number of nitrogens with zero attached hydrogens (tertiary/aromatic N) is 3. The van der Waals surface area contributed by atoms with E-state index in [1.165, 1.54) is 24.0 Å². The van der Waals surface area contributed by atoms with Gasteiger partial charge >= 0.3 is 5.97 Å². The summed E-state index contributed by atoms with van der Waals surface area (Å²) in [6.07, 6.45) is 7.31. The Labute approximate surface area is 255 Å². The molecule has 0 saturated heterocycles. The van der Waals surface area contributed by atoms with Crippen molar-refractivity contribution in [3.8, 4) is 16.9 Å². The van der Waals surface area contributed by atoms with Crippen LogP contribution in [0.15, 0.2) is 30.3 Å². The molecule has 0 bridgehead atoms. The number of aryl methyl sites for hydroxylation is 4. The molecular weight excluding hydrogens is 538 g/mol. The van der Waals surface area contributed by atoms with E-state index in [4.69, 9.17) is 19.3 Å². The summed E-state index contributed by atoms with van der Waals surface area (Å²) >= 11 is 0. The minimum atomic E-state index is -0.253. The van der Waals surface area contributed by atoms with Crippen LogP contribution >= 0.6 is 0 Å². The number of aromatic nitrogens is 3. The van der Waals surface area contributed by atoms with E-state index in [-0.39, 0.29) is 11.9 Å². The molecule has 2 aromatic heterocycles. The SMILES string of the molecule is CCOC(=O)c1c(C(C)CCOc2cccc3c2CCCC3)c2ccc(C)c3c2n1CCCCOCc1nn(C)c(C)c1-3. The van der Waals surface area contributed by atoms with Crippen LogP contribution in [-0.2, 0) is 42.5 Å². The molecule has 0 amide bonds. The van der Waals surface area contributed by atoms with Gasteiger partial charge in [0.2, 0.25) is 0 Å². The maximum atomic E-state index is 13.8. The summed E-state index contributed by atoms with van der Waals surface area (Å²) in [6.45, 7) is 11.2. The summed E-state index contributed by atoms with van der Waals surface area (Å²) in [6, 6.07) is 10.9. The zero-order chi connectivity index (χ0) is 30.1. The van der Waals surface area contributed by atoms with Crippen LogP contribution in [-0.4, -0.2) is 40.1 Å². The second kappa shape index (κ2) is 12.6. The highest BCUT2D eigenvalue weighted by Crippen LogP contribution is 2.43. The van der Waals surface area contributed by atoms with E-state index >= 15 is 0 Å². The minimum Gasteiger partial charge on any atom is -0.493 e. The number of rotatable bonds is 7. The number of carbonyl (C=O) groups excluding carboxylic acids is 1. The number of ether oxygens (including phenoxy) is 3. The fourth-order valence-electron chi connectivity index (χ4n) is 7.15. The maximum absolute atomic E-state index is 13.8. The van der Waals surface area contributed by atoms with Gasteiger partial charge in [-0.15, -0.1) is 0 Å². The largest absolute Gasteiger partial charge is 0.493 e. The van der Waals surface area contributed by atoms with E-state index in [1.807, 2.05) is 18.7 Å². The number of fused-ring (bicyclic) bond motifs is 3. The van der Waals surface area contributed by atoms with Crippen LogP contribution in [0, 0.1) is 13.8 Å². The van der Waals surface area contributed by atoms with Gasteiger partial charge in [-0.3, -0.25) is 4.68 Å². The predicted molar refractivity (Wildman–Crippen MR) is 170 cm³/mol. The molecule has 7 heteroatoms. The molecule has 3 heterocycles. The molecule has 2 aliphatic rings. The van der Waals surface area contributed by atoms with Gasteiger partial charge in [0.05, 0.1) is 31.0 Å². The molecule has 2 aromatic carbocycles. The van der Waals surface area contributed by atoms with Gasteiger partial charge in [0.1, 0.15) is 11.4 Å². The van der Waals surface area contributed by atoms with Crippen molar-refractivity contribution in [1.82, 2.24) is 14.3 Å². The van der Waals surface area contributed by atoms with E-state index in [1.54, 1.807) is 0 Å². The lowest BCUT2D eigenvalue weighted by Gasteiger charge is -2.20. The fraction of sp³-hybridized carbons (Fsp3) is 0.500.